The Morgan fingerprint density at radius 2 is 1.90 bits per heavy atom. The van der Waals surface area contributed by atoms with E-state index >= 15 is 0 Å². The fourth-order valence-corrected chi connectivity index (χ4v) is 2.53. The van der Waals surface area contributed by atoms with Crippen molar-refractivity contribution in [2.24, 2.45) is 0 Å². The molecule has 3 rings (SSSR count). The molecule has 1 N–H and O–H groups in total. The Morgan fingerprint density at radius 3 is 2.76 bits per heavy atom. The van der Waals surface area contributed by atoms with Gasteiger partial charge < -0.3 is 10.1 Å². The molecule has 3 heteroatoms. The van der Waals surface area contributed by atoms with Crippen LogP contribution in [0, 0.1) is 0 Å². The quantitative estimate of drug-likeness (QED) is 0.682. The Labute approximate surface area is 136 Å². The van der Waals surface area contributed by atoms with Gasteiger partial charge in [0.2, 0.25) is 0 Å². The third-order valence-electron chi connectivity index (χ3n) is 3.49. The lowest BCUT2D eigenvalue weighted by Crippen LogP contribution is -2.06. The predicted molar refractivity (Wildman–Crippen MR) is 90.1 cm³/mol. The zero-order valence-corrected chi connectivity index (χ0v) is 12.5. The summed E-state index contributed by atoms with van der Waals surface area (Å²) in [5.41, 5.74) is 4.43. The second kappa shape index (κ2) is 7.30. The molecule has 0 amide bonds. The van der Waals surface area contributed by atoms with Crippen molar-refractivity contribution < 1.29 is 8.85 Å². The lowest BCUT2D eigenvalue weighted by atomic mass is 9.93. The third-order valence-corrected chi connectivity index (χ3v) is 3.49. The van der Waals surface area contributed by atoms with Crippen molar-refractivity contribution in [2.45, 2.75) is 13.0 Å². The van der Waals surface area contributed by atoms with Crippen LogP contribution in [0.2, 0.25) is 0 Å². The highest BCUT2D eigenvalue weighted by Gasteiger charge is 2.17. The number of hydrogen-bond donors (Lipinski definition) is 1. The Bertz CT molecular complexity index is 679. The van der Waals surface area contributed by atoms with E-state index in [1.165, 1.54) is 0 Å². The van der Waals surface area contributed by atoms with E-state index in [-0.39, 0.29) is 12.4 Å². The third kappa shape index (κ3) is 3.29. The topological polar surface area (TPSA) is 21.3 Å². The van der Waals surface area contributed by atoms with Crippen LogP contribution in [0.5, 0.6) is 5.75 Å². The van der Waals surface area contributed by atoms with Crippen LogP contribution in [0.1, 0.15) is 27.2 Å². The molecule has 0 spiro atoms. The van der Waals surface area contributed by atoms with Gasteiger partial charge in [-0.1, -0.05) is 48.5 Å². The van der Waals surface area contributed by atoms with Crippen molar-refractivity contribution in [1.29, 1.82) is 0 Å². The molecule has 2 nitrogen and oxygen atoms in total. The summed E-state index contributed by atoms with van der Waals surface area (Å²) in [5, 5.41) is 2.55. The molecule has 1 heterocycles. The Morgan fingerprint density at radius 1 is 1.14 bits per heavy atom. The van der Waals surface area contributed by atoms with Gasteiger partial charge in [-0.25, -0.2) is 0 Å². The van der Waals surface area contributed by atoms with Crippen molar-refractivity contribution in [1.82, 2.24) is 5.32 Å². The molecule has 0 aromatic heterocycles. The van der Waals surface area contributed by atoms with Crippen molar-refractivity contribution >= 4 is 18.0 Å². The van der Waals surface area contributed by atoms with Crippen LogP contribution in [-0.4, -0.2) is 13.5 Å². The average molecular weight is 306 g/mol. The first kappa shape index (κ1) is 11.8. The van der Waals surface area contributed by atoms with Crippen LogP contribution in [0.3, 0.4) is 0 Å². The Hall–Kier alpha value is -1.77. The minimum absolute atomic E-state index is 0. The smallest absolute Gasteiger partial charge is 0.127 e. The maximum atomic E-state index is 7.21. The fraction of sp³-hybridized carbons (Fsp3) is 0.222. The lowest BCUT2D eigenvalue weighted by Gasteiger charge is -2.10. The van der Waals surface area contributed by atoms with Crippen molar-refractivity contribution in [3.8, 4) is 5.75 Å². The fourth-order valence-electron chi connectivity index (χ4n) is 2.53. The van der Waals surface area contributed by atoms with Gasteiger partial charge in [-0.2, -0.15) is 0 Å². The molecule has 21 heavy (non-hydrogen) atoms. The van der Waals surface area contributed by atoms with E-state index in [1.807, 2.05) is 36.4 Å². The van der Waals surface area contributed by atoms with Crippen molar-refractivity contribution in [2.75, 3.05) is 13.5 Å². The van der Waals surface area contributed by atoms with Gasteiger partial charge in [0.1, 0.15) is 12.4 Å². The minimum atomic E-state index is -2.10. The molecule has 0 saturated carbocycles. The summed E-state index contributed by atoms with van der Waals surface area (Å²) in [6.45, 7) is -1.15. The van der Waals surface area contributed by atoms with Crippen LogP contribution < -0.4 is 10.1 Å². The van der Waals surface area contributed by atoms with E-state index in [4.69, 9.17) is 8.85 Å². The number of ether oxygens (including phenoxy) is 1. The Balaban J connectivity index is 0.00000208. The number of para-hydroxylation sites is 1. The minimum Gasteiger partial charge on any atom is -0.488 e. The molecule has 0 atom stereocenters. The number of halogens is 1. The molecule has 0 unspecified atom stereocenters. The number of benzene rings is 2. The van der Waals surface area contributed by atoms with E-state index in [1.54, 1.807) is 0 Å². The van der Waals surface area contributed by atoms with Crippen LogP contribution in [-0.2, 0) is 6.61 Å². The molecule has 2 aromatic carbocycles. The number of hydrogen-bond acceptors (Lipinski definition) is 2. The maximum absolute atomic E-state index is 7.21. The summed E-state index contributed by atoms with van der Waals surface area (Å²) >= 11 is 0. The molecule has 0 bridgehead atoms. The average Bonchev–Trinajstić information content (AvgIpc) is 2.68. The molecular formula is C18H20ClNO. The van der Waals surface area contributed by atoms with Crippen LogP contribution in [0.4, 0.5) is 0 Å². The molecule has 0 radical (unpaired) electrons. The van der Waals surface area contributed by atoms with E-state index in [2.05, 4.69) is 23.5 Å². The van der Waals surface area contributed by atoms with Gasteiger partial charge in [-0.3, -0.25) is 0 Å². The standard InChI is InChI=1S/C18H19NO.ClH/c1-19-12-6-10-16-15-8-3-2-7-14(15)13-20-18-11-5-4-9-17(16)18;/h2-5,7-11,19H,6,12-13H2,1H3;1H/i1+1D3;. The highest BCUT2D eigenvalue weighted by molar-refractivity contribution is 5.85. The van der Waals surface area contributed by atoms with Gasteiger partial charge >= 0.3 is 0 Å². The van der Waals surface area contributed by atoms with E-state index in [9.17, 15) is 0 Å². The molecule has 1 aliphatic heterocycles. The number of rotatable bonds is 3. The summed E-state index contributed by atoms with van der Waals surface area (Å²) in [7, 11) is 0. The first-order valence-electron chi connectivity index (χ1n) is 8.30. The normalized spacial score (nSPS) is 17.1. The van der Waals surface area contributed by atoms with E-state index in [0.29, 0.717) is 19.6 Å². The molecule has 1 aliphatic rings. The first-order valence-corrected chi connectivity index (χ1v) is 6.80. The molecule has 0 fully saturated rings. The van der Waals surface area contributed by atoms with Gasteiger partial charge in [-0.15, -0.1) is 12.4 Å². The van der Waals surface area contributed by atoms with Crippen molar-refractivity contribution in [3.05, 3.63) is 71.3 Å². The number of fused-ring (bicyclic) bond motifs is 2. The zero-order chi connectivity index (χ0) is 16.3. The zero-order valence-electron chi connectivity index (χ0n) is 14.6. The van der Waals surface area contributed by atoms with Gasteiger partial charge in [0.25, 0.3) is 0 Å². The van der Waals surface area contributed by atoms with Crippen molar-refractivity contribution in [3.63, 3.8) is 0 Å². The largest absolute Gasteiger partial charge is 0.488 e. The Kier molecular flexibility index (Phi) is 4.12. The second-order valence-electron chi connectivity index (χ2n) is 4.78. The predicted octanol–water partition coefficient (Wildman–Crippen LogP) is 4.04. The van der Waals surface area contributed by atoms with E-state index in [0.717, 1.165) is 28.0 Å². The maximum Gasteiger partial charge on any atom is 0.127 e. The van der Waals surface area contributed by atoms with Crippen LogP contribution in [0.25, 0.3) is 5.57 Å². The molecule has 2 aromatic rings. The summed E-state index contributed by atoms with van der Waals surface area (Å²) in [6, 6.07) is 16.1. The SMILES string of the molecule is Cl.[2H][13C]([2H])([2H])NCCC=C1c2ccccc2COc2ccccc21. The number of nitrogens with one attached hydrogen (secondary N) is 1. The van der Waals surface area contributed by atoms with Crippen LogP contribution >= 0.6 is 12.4 Å². The van der Waals surface area contributed by atoms with Gasteiger partial charge in [-0.05, 0) is 42.7 Å². The highest BCUT2D eigenvalue weighted by Crippen LogP contribution is 2.36. The second-order valence-corrected chi connectivity index (χ2v) is 4.78. The first-order chi connectivity index (χ1) is 11.0. The van der Waals surface area contributed by atoms with Gasteiger partial charge in [0.05, 0.1) is 0 Å². The highest BCUT2D eigenvalue weighted by atomic mass is 35.5. The summed E-state index contributed by atoms with van der Waals surface area (Å²) < 4.78 is 27.5. The molecule has 110 valence electrons. The molecule has 0 saturated heterocycles. The lowest BCUT2D eigenvalue weighted by molar-refractivity contribution is 0.307. The van der Waals surface area contributed by atoms with E-state index < -0.39 is 6.98 Å². The summed E-state index contributed by atoms with van der Waals surface area (Å²) in [5.74, 6) is 0.860. The summed E-state index contributed by atoms with van der Waals surface area (Å²) in [6.07, 6.45) is 2.72. The van der Waals surface area contributed by atoms with Gasteiger partial charge in [0, 0.05) is 9.68 Å². The van der Waals surface area contributed by atoms with Crippen LogP contribution in [0.15, 0.2) is 54.6 Å². The molecular weight excluding hydrogens is 283 g/mol. The molecule has 0 aliphatic carbocycles. The summed E-state index contributed by atoms with van der Waals surface area (Å²) in [4.78, 5) is 0. The monoisotopic (exact) mass is 305 g/mol. The van der Waals surface area contributed by atoms with Gasteiger partial charge in [0.15, 0.2) is 0 Å².